The van der Waals surface area contributed by atoms with Crippen LogP contribution in [-0.2, 0) is 20.7 Å². The number of nitrogens with zero attached hydrogens (tertiary/aromatic N) is 1. The topological polar surface area (TPSA) is 95.9 Å². The van der Waals surface area contributed by atoms with Crippen LogP contribution >= 0.6 is 11.3 Å². The van der Waals surface area contributed by atoms with E-state index < -0.39 is 12.1 Å². The smallest absolute Gasteiger partial charge is 0.253 e. The molecule has 3 unspecified atom stereocenters. The quantitative estimate of drug-likeness (QED) is 0.605. The number of likely N-dealkylation sites (tertiary alicyclic amines) is 1. The SMILES string of the molecule is O=C(NC(Cc1ccc(O)cc1)C(=O)N1CCCC2OCC(=O)C21)c1csc2ccccc12. The zero-order chi connectivity index (χ0) is 22.9. The van der Waals surface area contributed by atoms with Crippen molar-refractivity contribution in [2.75, 3.05) is 13.2 Å². The zero-order valence-corrected chi connectivity index (χ0v) is 18.7. The molecular weight excluding hydrogens is 440 g/mol. The summed E-state index contributed by atoms with van der Waals surface area (Å²) in [5.41, 5.74) is 1.32. The first-order valence-corrected chi connectivity index (χ1v) is 11.9. The second-order valence-electron chi connectivity index (χ2n) is 8.48. The van der Waals surface area contributed by atoms with Gasteiger partial charge in [0.05, 0.1) is 11.7 Å². The molecule has 8 heteroatoms. The summed E-state index contributed by atoms with van der Waals surface area (Å²) in [6, 6.07) is 12.8. The van der Waals surface area contributed by atoms with Gasteiger partial charge in [-0.05, 0) is 36.6 Å². The van der Waals surface area contributed by atoms with Crippen molar-refractivity contribution in [3.63, 3.8) is 0 Å². The van der Waals surface area contributed by atoms with Gasteiger partial charge in [0, 0.05) is 28.4 Å². The number of hydrogen-bond donors (Lipinski definition) is 2. The number of hydrogen-bond acceptors (Lipinski definition) is 6. The van der Waals surface area contributed by atoms with Crippen LogP contribution in [0.15, 0.2) is 53.9 Å². The summed E-state index contributed by atoms with van der Waals surface area (Å²) in [5.74, 6) is -0.578. The molecule has 2 aromatic carbocycles. The van der Waals surface area contributed by atoms with Crippen LogP contribution in [0.5, 0.6) is 5.75 Å². The van der Waals surface area contributed by atoms with Crippen LogP contribution in [0.3, 0.4) is 0 Å². The highest BCUT2D eigenvalue weighted by atomic mass is 32.1. The number of rotatable bonds is 5. The summed E-state index contributed by atoms with van der Waals surface area (Å²) in [4.78, 5) is 41.0. The van der Waals surface area contributed by atoms with E-state index in [-0.39, 0.29) is 42.5 Å². The Hall–Kier alpha value is -3.23. The van der Waals surface area contributed by atoms with Gasteiger partial charge in [0.25, 0.3) is 5.91 Å². The molecule has 0 spiro atoms. The maximum absolute atomic E-state index is 13.7. The first kappa shape index (κ1) is 21.6. The van der Waals surface area contributed by atoms with Crippen LogP contribution in [-0.4, -0.2) is 58.9 Å². The Morgan fingerprint density at radius 1 is 1.18 bits per heavy atom. The molecule has 3 heterocycles. The van der Waals surface area contributed by atoms with Crippen LogP contribution in [0.25, 0.3) is 10.1 Å². The Kier molecular flexibility index (Phi) is 5.86. The van der Waals surface area contributed by atoms with E-state index in [4.69, 9.17) is 4.74 Å². The van der Waals surface area contributed by atoms with Gasteiger partial charge in [-0.1, -0.05) is 30.3 Å². The van der Waals surface area contributed by atoms with Crippen molar-refractivity contribution in [2.45, 2.75) is 37.5 Å². The van der Waals surface area contributed by atoms with E-state index in [0.717, 1.165) is 28.5 Å². The maximum atomic E-state index is 13.7. The number of phenols is 1. The fourth-order valence-electron chi connectivity index (χ4n) is 4.70. The van der Waals surface area contributed by atoms with Gasteiger partial charge in [0.15, 0.2) is 5.78 Å². The van der Waals surface area contributed by atoms with Gasteiger partial charge < -0.3 is 20.1 Å². The number of amides is 2. The van der Waals surface area contributed by atoms with Crippen LogP contribution in [0.1, 0.15) is 28.8 Å². The van der Waals surface area contributed by atoms with E-state index in [1.165, 1.54) is 11.3 Å². The number of carbonyl (C=O) groups is 3. The predicted molar refractivity (Wildman–Crippen MR) is 124 cm³/mol. The largest absolute Gasteiger partial charge is 0.508 e. The van der Waals surface area contributed by atoms with Crippen LogP contribution in [0.2, 0.25) is 0 Å². The number of carbonyl (C=O) groups excluding carboxylic acids is 3. The summed E-state index contributed by atoms with van der Waals surface area (Å²) in [5, 5.41) is 15.2. The van der Waals surface area contributed by atoms with E-state index in [1.807, 2.05) is 24.3 Å². The molecule has 0 saturated carbocycles. The lowest BCUT2D eigenvalue weighted by Gasteiger charge is -2.37. The van der Waals surface area contributed by atoms with E-state index in [1.54, 1.807) is 34.5 Å². The first-order chi connectivity index (χ1) is 16.0. The van der Waals surface area contributed by atoms with Gasteiger partial charge in [-0.15, -0.1) is 11.3 Å². The molecule has 0 aliphatic carbocycles. The molecule has 33 heavy (non-hydrogen) atoms. The van der Waals surface area contributed by atoms with Crippen molar-refractivity contribution >= 4 is 39.0 Å². The minimum Gasteiger partial charge on any atom is -0.508 e. The Labute approximate surface area is 195 Å². The highest BCUT2D eigenvalue weighted by molar-refractivity contribution is 7.17. The van der Waals surface area contributed by atoms with Gasteiger partial charge in [0.1, 0.15) is 24.4 Å². The molecule has 0 bridgehead atoms. The van der Waals surface area contributed by atoms with Gasteiger partial charge in [-0.3, -0.25) is 14.4 Å². The molecule has 2 saturated heterocycles. The number of aromatic hydroxyl groups is 1. The average Bonchev–Trinajstić information content (AvgIpc) is 3.43. The monoisotopic (exact) mass is 464 g/mol. The molecular formula is C25H24N2O5S. The molecule has 170 valence electrons. The van der Waals surface area contributed by atoms with Crippen molar-refractivity contribution in [3.05, 3.63) is 65.0 Å². The molecule has 2 aliphatic rings. The molecule has 1 aromatic heterocycles. The number of piperidine rings is 1. The Balaban J connectivity index is 1.43. The number of nitrogens with one attached hydrogen (secondary N) is 1. The van der Waals surface area contributed by atoms with Gasteiger partial charge in [0.2, 0.25) is 5.91 Å². The molecule has 3 aromatic rings. The molecule has 7 nitrogen and oxygen atoms in total. The fraction of sp³-hybridized carbons (Fsp3) is 0.320. The van der Waals surface area contributed by atoms with Crippen LogP contribution in [0.4, 0.5) is 0 Å². The maximum Gasteiger partial charge on any atom is 0.253 e. The number of thiophene rings is 1. The van der Waals surface area contributed by atoms with Gasteiger partial charge >= 0.3 is 0 Å². The minimum atomic E-state index is -0.854. The van der Waals surface area contributed by atoms with E-state index in [9.17, 15) is 19.5 Å². The van der Waals surface area contributed by atoms with Crippen molar-refractivity contribution in [3.8, 4) is 5.75 Å². The van der Waals surface area contributed by atoms with Crippen molar-refractivity contribution in [1.82, 2.24) is 10.2 Å². The lowest BCUT2D eigenvalue weighted by atomic mass is 9.95. The lowest BCUT2D eigenvalue weighted by molar-refractivity contribution is -0.142. The molecule has 0 radical (unpaired) electrons. The molecule has 2 aliphatic heterocycles. The Morgan fingerprint density at radius 3 is 2.79 bits per heavy atom. The number of phenolic OH excluding ortho intramolecular Hbond substituents is 1. The highest BCUT2D eigenvalue weighted by Crippen LogP contribution is 2.28. The fourth-order valence-corrected chi connectivity index (χ4v) is 5.64. The standard InChI is InChI=1S/C25H24N2O5S/c28-16-9-7-15(8-10-16)12-19(25(31)27-11-3-5-21-23(27)20(29)13-32-21)26-24(30)18-14-33-22-6-2-1-4-17(18)22/h1-2,4,6-10,14,19,21,23,28H,3,5,11-13H2,(H,26,30). The second-order valence-corrected chi connectivity index (χ2v) is 9.39. The summed E-state index contributed by atoms with van der Waals surface area (Å²) >= 11 is 1.48. The number of fused-ring (bicyclic) bond motifs is 2. The Morgan fingerprint density at radius 2 is 1.97 bits per heavy atom. The molecule has 3 atom stereocenters. The van der Waals surface area contributed by atoms with Gasteiger partial charge in [-0.25, -0.2) is 0 Å². The summed E-state index contributed by atoms with van der Waals surface area (Å²) in [6.45, 7) is 0.480. The number of benzene rings is 2. The third-order valence-corrected chi connectivity index (χ3v) is 7.30. The number of Topliss-reactive ketones (excluding diaryl/α,β-unsaturated/α-hetero) is 1. The molecule has 2 fully saturated rings. The predicted octanol–water partition coefficient (Wildman–Crippen LogP) is 2.91. The normalized spacial score (nSPS) is 21.1. The van der Waals surface area contributed by atoms with E-state index >= 15 is 0 Å². The summed E-state index contributed by atoms with van der Waals surface area (Å²) < 4.78 is 6.59. The van der Waals surface area contributed by atoms with Gasteiger partial charge in [-0.2, -0.15) is 0 Å². The molecule has 2 N–H and O–H groups in total. The second kappa shape index (κ2) is 8.96. The van der Waals surface area contributed by atoms with Crippen molar-refractivity contribution in [2.24, 2.45) is 0 Å². The molecule has 2 amide bonds. The average molecular weight is 465 g/mol. The van der Waals surface area contributed by atoms with Crippen LogP contribution in [0, 0.1) is 0 Å². The number of ether oxygens (including phenoxy) is 1. The zero-order valence-electron chi connectivity index (χ0n) is 17.9. The minimum absolute atomic E-state index is 0.0228. The van der Waals surface area contributed by atoms with E-state index in [2.05, 4.69) is 5.32 Å². The third-order valence-electron chi connectivity index (χ3n) is 6.33. The van der Waals surface area contributed by atoms with Crippen LogP contribution < -0.4 is 5.32 Å². The first-order valence-electron chi connectivity index (χ1n) is 11.0. The third kappa shape index (κ3) is 4.24. The lowest BCUT2D eigenvalue weighted by Crippen LogP contribution is -2.58. The number of ketones is 1. The molecule has 5 rings (SSSR count). The van der Waals surface area contributed by atoms with Crippen molar-refractivity contribution < 1.29 is 24.2 Å². The summed E-state index contributed by atoms with van der Waals surface area (Å²) in [7, 11) is 0. The van der Waals surface area contributed by atoms with E-state index in [0.29, 0.717) is 12.1 Å². The van der Waals surface area contributed by atoms with Crippen molar-refractivity contribution in [1.29, 1.82) is 0 Å². The highest BCUT2D eigenvalue weighted by Gasteiger charge is 2.45. The summed E-state index contributed by atoms with van der Waals surface area (Å²) in [6.07, 6.45) is 1.46. The Bertz CT molecular complexity index is 1200.